The van der Waals surface area contributed by atoms with E-state index in [1.165, 1.54) is 6.07 Å². The van der Waals surface area contributed by atoms with Crippen LogP contribution in [0.4, 0.5) is 8.78 Å². The number of halogens is 2. The summed E-state index contributed by atoms with van der Waals surface area (Å²) in [5.41, 5.74) is 0.0333. The molecule has 106 valence electrons. The van der Waals surface area contributed by atoms with Crippen LogP contribution in [0.3, 0.4) is 0 Å². The highest BCUT2D eigenvalue weighted by Gasteiger charge is 2.44. The van der Waals surface area contributed by atoms with Crippen LogP contribution in [0.1, 0.15) is 26.7 Å². The van der Waals surface area contributed by atoms with Gasteiger partial charge in [-0.3, -0.25) is 4.21 Å². The summed E-state index contributed by atoms with van der Waals surface area (Å²) >= 11 is 0. The fourth-order valence-electron chi connectivity index (χ4n) is 2.95. The molecule has 19 heavy (non-hydrogen) atoms. The van der Waals surface area contributed by atoms with Crippen LogP contribution >= 0.6 is 0 Å². The highest BCUT2D eigenvalue weighted by molar-refractivity contribution is 7.85. The molecule has 2 nitrogen and oxygen atoms in total. The van der Waals surface area contributed by atoms with Crippen molar-refractivity contribution in [3.05, 3.63) is 29.8 Å². The van der Waals surface area contributed by atoms with Crippen molar-refractivity contribution in [2.24, 2.45) is 5.41 Å². The molecule has 0 bridgehead atoms. The van der Waals surface area contributed by atoms with E-state index in [1.807, 2.05) is 7.05 Å². The Bertz CT molecular complexity index is 504. The SMILES string of the molecule is CNC1C(S(=O)c2ccc(F)cc2F)CCC1(C)C. The second-order valence-electron chi connectivity index (χ2n) is 5.70. The van der Waals surface area contributed by atoms with Crippen LogP contribution in [0.15, 0.2) is 23.1 Å². The van der Waals surface area contributed by atoms with Crippen molar-refractivity contribution in [2.75, 3.05) is 7.05 Å². The molecule has 0 radical (unpaired) electrons. The van der Waals surface area contributed by atoms with Crippen molar-refractivity contribution in [1.82, 2.24) is 5.32 Å². The summed E-state index contributed by atoms with van der Waals surface area (Å²) < 4.78 is 39.2. The summed E-state index contributed by atoms with van der Waals surface area (Å²) in [5.74, 6) is -1.37. The molecule has 1 fully saturated rings. The van der Waals surface area contributed by atoms with E-state index in [0.29, 0.717) is 0 Å². The van der Waals surface area contributed by atoms with Crippen molar-refractivity contribution in [1.29, 1.82) is 0 Å². The average Bonchev–Trinajstić information content (AvgIpc) is 2.63. The van der Waals surface area contributed by atoms with E-state index in [4.69, 9.17) is 0 Å². The summed E-state index contributed by atoms with van der Waals surface area (Å²) in [6.07, 6.45) is 1.72. The van der Waals surface area contributed by atoms with Gasteiger partial charge < -0.3 is 5.32 Å². The van der Waals surface area contributed by atoms with E-state index < -0.39 is 22.4 Å². The van der Waals surface area contributed by atoms with Gasteiger partial charge in [0, 0.05) is 12.1 Å². The van der Waals surface area contributed by atoms with Gasteiger partial charge in [0.15, 0.2) is 0 Å². The Hall–Kier alpha value is -0.810. The molecule has 5 heteroatoms. The third kappa shape index (κ3) is 2.72. The van der Waals surface area contributed by atoms with E-state index in [1.54, 1.807) is 0 Å². The summed E-state index contributed by atoms with van der Waals surface area (Å²) in [5, 5.41) is 3.06. The molecule has 0 saturated heterocycles. The molecule has 1 aromatic rings. The van der Waals surface area contributed by atoms with Crippen LogP contribution in [-0.4, -0.2) is 22.5 Å². The maximum absolute atomic E-state index is 13.7. The Morgan fingerprint density at radius 1 is 1.37 bits per heavy atom. The zero-order valence-electron chi connectivity index (χ0n) is 11.4. The lowest BCUT2D eigenvalue weighted by molar-refractivity contribution is 0.299. The average molecular weight is 287 g/mol. The molecular formula is C14H19F2NOS. The highest BCUT2D eigenvalue weighted by Crippen LogP contribution is 2.41. The fourth-order valence-corrected chi connectivity index (χ4v) is 4.81. The van der Waals surface area contributed by atoms with Crippen LogP contribution < -0.4 is 5.32 Å². The highest BCUT2D eigenvalue weighted by atomic mass is 32.2. The molecule has 1 aliphatic carbocycles. The molecule has 0 aliphatic heterocycles. The Labute approximate surface area is 115 Å². The largest absolute Gasteiger partial charge is 0.315 e. The summed E-state index contributed by atoms with van der Waals surface area (Å²) in [6.45, 7) is 4.23. The molecule has 2 rings (SSSR count). The smallest absolute Gasteiger partial charge is 0.142 e. The lowest BCUT2D eigenvalue weighted by atomic mass is 9.87. The fraction of sp³-hybridized carbons (Fsp3) is 0.571. The van der Waals surface area contributed by atoms with Crippen LogP contribution in [0.25, 0.3) is 0 Å². The minimum atomic E-state index is -1.46. The maximum atomic E-state index is 13.7. The second kappa shape index (κ2) is 5.29. The number of hydrogen-bond donors (Lipinski definition) is 1. The third-order valence-corrected chi connectivity index (χ3v) is 5.81. The second-order valence-corrected chi connectivity index (χ2v) is 7.34. The van der Waals surface area contributed by atoms with E-state index >= 15 is 0 Å². The lowest BCUT2D eigenvalue weighted by Gasteiger charge is -2.30. The van der Waals surface area contributed by atoms with Gasteiger partial charge in [0.05, 0.1) is 20.9 Å². The predicted molar refractivity (Wildman–Crippen MR) is 72.4 cm³/mol. The molecule has 0 aromatic heterocycles. The van der Waals surface area contributed by atoms with Crippen LogP contribution in [-0.2, 0) is 10.8 Å². The van der Waals surface area contributed by atoms with E-state index in [2.05, 4.69) is 19.2 Å². The predicted octanol–water partition coefficient (Wildman–Crippen LogP) is 2.85. The van der Waals surface area contributed by atoms with Crippen molar-refractivity contribution in [3.8, 4) is 0 Å². The zero-order valence-corrected chi connectivity index (χ0v) is 12.2. The standard InChI is InChI=1S/C14H19F2NOS/c1-14(2)7-6-12(13(14)17-3)19(18)11-5-4-9(15)8-10(11)16/h4-5,8,12-13,17H,6-7H2,1-3H3. The van der Waals surface area contributed by atoms with Crippen molar-refractivity contribution in [3.63, 3.8) is 0 Å². The Balaban J connectivity index is 2.29. The number of hydrogen-bond acceptors (Lipinski definition) is 2. The molecule has 1 N–H and O–H groups in total. The van der Waals surface area contributed by atoms with Gasteiger partial charge in [-0.05, 0) is 37.4 Å². The van der Waals surface area contributed by atoms with E-state index in [0.717, 1.165) is 25.0 Å². The maximum Gasteiger partial charge on any atom is 0.142 e. The number of benzene rings is 1. The van der Waals surface area contributed by atoms with Gasteiger partial charge in [0.25, 0.3) is 0 Å². The minimum Gasteiger partial charge on any atom is -0.315 e. The molecule has 3 unspecified atom stereocenters. The topological polar surface area (TPSA) is 29.1 Å². The van der Waals surface area contributed by atoms with Crippen molar-refractivity contribution < 1.29 is 13.0 Å². The first-order valence-electron chi connectivity index (χ1n) is 6.39. The van der Waals surface area contributed by atoms with Crippen LogP contribution in [0, 0.1) is 17.0 Å². The molecule has 0 spiro atoms. The molecule has 0 amide bonds. The number of rotatable bonds is 3. The Morgan fingerprint density at radius 3 is 2.63 bits per heavy atom. The van der Waals surface area contributed by atoms with Gasteiger partial charge in [-0.15, -0.1) is 0 Å². The lowest BCUT2D eigenvalue weighted by Crippen LogP contribution is -2.44. The first-order chi connectivity index (χ1) is 8.86. The quantitative estimate of drug-likeness (QED) is 0.926. The van der Waals surface area contributed by atoms with Gasteiger partial charge in [-0.2, -0.15) is 0 Å². The zero-order chi connectivity index (χ0) is 14.2. The van der Waals surface area contributed by atoms with Gasteiger partial charge >= 0.3 is 0 Å². The van der Waals surface area contributed by atoms with Crippen LogP contribution in [0.5, 0.6) is 0 Å². The third-order valence-electron chi connectivity index (χ3n) is 3.98. The van der Waals surface area contributed by atoms with Gasteiger partial charge in [-0.25, -0.2) is 8.78 Å². The van der Waals surface area contributed by atoms with Crippen molar-refractivity contribution in [2.45, 2.75) is 42.9 Å². The molecule has 0 heterocycles. The molecule has 1 aliphatic rings. The van der Waals surface area contributed by atoms with Crippen molar-refractivity contribution >= 4 is 10.8 Å². The normalized spacial score (nSPS) is 27.4. The Kier molecular flexibility index (Phi) is 4.06. The Morgan fingerprint density at radius 2 is 2.05 bits per heavy atom. The van der Waals surface area contributed by atoms with Gasteiger partial charge in [0.2, 0.25) is 0 Å². The number of nitrogens with one attached hydrogen (secondary N) is 1. The molecular weight excluding hydrogens is 268 g/mol. The van der Waals surface area contributed by atoms with Gasteiger partial charge in [0.1, 0.15) is 11.6 Å². The molecule has 3 atom stereocenters. The monoisotopic (exact) mass is 287 g/mol. The summed E-state index contributed by atoms with van der Waals surface area (Å²) in [4.78, 5) is 0.101. The van der Waals surface area contributed by atoms with E-state index in [-0.39, 0.29) is 21.6 Å². The summed E-state index contributed by atoms with van der Waals surface area (Å²) in [7, 11) is 0.377. The molecule has 1 saturated carbocycles. The minimum absolute atomic E-state index is 0.0333. The first kappa shape index (κ1) is 14.6. The summed E-state index contributed by atoms with van der Waals surface area (Å²) in [6, 6.07) is 3.31. The van der Waals surface area contributed by atoms with Crippen LogP contribution in [0.2, 0.25) is 0 Å². The van der Waals surface area contributed by atoms with Gasteiger partial charge in [-0.1, -0.05) is 13.8 Å². The first-order valence-corrected chi connectivity index (χ1v) is 7.61. The van der Waals surface area contributed by atoms with E-state index in [9.17, 15) is 13.0 Å². The molecule has 1 aromatic carbocycles.